The van der Waals surface area contributed by atoms with Gasteiger partial charge in [-0.25, -0.2) is 4.79 Å². The minimum atomic E-state index is -0.855. The predicted molar refractivity (Wildman–Crippen MR) is 76.7 cm³/mol. The molecule has 21 heavy (non-hydrogen) atoms. The Balaban J connectivity index is 2.05. The molecule has 1 atom stereocenters. The Labute approximate surface area is 123 Å². The zero-order valence-corrected chi connectivity index (χ0v) is 11.8. The van der Waals surface area contributed by atoms with Gasteiger partial charge in [-0.3, -0.25) is 4.79 Å². The third-order valence-corrected chi connectivity index (χ3v) is 4.01. The first-order chi connectivity index (χ1) is 10.0. The Morgan fingerprint density at radius 2 is 2.29 bits per heavy atom. The fourth-order valence-electron chi connectivity index (χ4n) is 2.53. The summed E-state index contributed by atoms with van der Waals surface area (Å²) in [6, 6.07) is 8.29. The van der Waals surface area contributed by atoms with E-state index in [0.29, 0.717) is 30.6 Å². The van der Waals surface area contributed by atoms with Gasteiger partial charge in [-0.1, -0.05) is 13.0 Å². The maximum Gasteiger partial charge on any atom is 0.321 e. The van der Waals surface area contributed by atoms with Gasteiger partial charge in [0, 0.05) is 18.8 Å². The molecule has 0 spiro atoms. The number of carbonyl (C=O) groups excluding carboxylic acids is 1. The van der Waals surface area contributed by atoms with Crippen LogP contribution in [0.15, 0.2) is 24.3 Å². The van der Waals surface area contributed by atoms with Crippen molar-refractivity contribution in [2.75, 3.05) is 18.4 Å². The normalized spacial score (nSPS) is 20.9. The number of nitriles is 1. The van der Waals surface area contributed by atoms with E-state index in [4.69, 9.17) is 5.26 Å². The summed E-state index contributed by atoms with van der Waals surface area (Å²) in [6.45, 7) is 2.46. The Morgan fingerprint density at radius 1 is 1.52 bits per heavy atom. The number of rotatable bonds is 3. The van der Waals surface area contributed by atoms with Crippen LogP contribution in [0.25, 0.3) is 0 Å². The molecule has 1 unspecified atom stereocenters. The number of amides is 2. The van der Waals surface area contributed by atoms with Crippen LogP contribution in [0.4, 0.5) is 10.5 Å². The van der Waals surface area contributed by atoms with Crippen molar-refractivity contribution in [3.63, 3.8) is 0 Å². The second-order valence-electron chi connectivity index (χ2n) is 5.23. The summed E-state index contributed by atoms with van der Waals surface area (Å²) in [5, 5.41) is 20.9. The highest BCUT2D eigenvalue weighted by atomic mass is 16.4. The van der Waals surface area contributed by atoms with E-state index in [-0.39, 0.29) is 12.6 Å². The van der Waals surface area contributed by atoms with Crippen molar-refractivity contribution in [2.24, 2.45) is 5.41 Å². The number of likely N-dealkylation sites (tertiary alicyclic amines) is 1. The van der Waals surface area contributed by atoms with E-state index in [1.54, 1.807) is 24.3 Å². The third-order valence-electron chi connectivity index (χ3n) is 4.01. The van der Waals surface area contributed by atoms with Gasteiger partial charge in [0.05, 0.1) is 17.0 Å². The summed E-state index contributed by atoms with van der Waals surface area (Å²) in [4.78, 5) is 25.1. The van der Waals surface area contributed by atoms with E-state index in [2.05, 4.69) is 5.32 Å². The van der Waals surface area contributed by atoms with Gasteiger partial charge in [-0.15, -0.1) is 0 Å². The Bertz CT molecular complexity index is 608. The predicted octanol–water partition coefficient (Wildman–Crippen LogP) is 2.28. The Kier molecular flexibility index (Phi) is 4.13. The highest BCUT2D eigenvalue weighted by Crippen LogP contribution is 2.34. The van der Waals surface area contributed by atoms with Crippen LogP contribution in [-0.4, -0.2) is 35.1 Å². The second kappa shape index (κ2) is 5.83. The number of hydrogen-bond donors (Lipinski definition) is 2. The second-order valence-corrected chi connectivity index (χ2v) is 5.23. The molecule has 0 bridgehead atoms. The smallest absolute Gasteiger partial charge is 0.321 e. The van der Waals surface area contributed by atoms with Crippen LogP contribution < -0.4 is 5.32 Å². The topological polar surface area (TPSA) is 93.4 Å². The molecule has 1 aliphatic rings. The lowest BCUT2D eigenvalue weighted by atomic mass is 9.84. The molecule has 6 nitrogen and oxygen atoms in total. The molecule has 2 N–H and O–H groups in total. The van der Waals surface area contributed by atoms with Crippen molar-refractivity contribution in [3.05, 3.63) is 29.8 Å². The largest absolute Gasteiger partial charge is 0.481 e. The molecule has 1 fully saturated rings. The first kappa shape index (κ1) is 14.9. The van der Waals surface area contributed by atoms with E-state index < -0.39 is 11.4 Å². The lowest BCUT2D eigenvalue weighted by Gasteiger charge is -2.23. The lowest BCUT2D eigenvalue weighted by Crippen LogP contribution is -2.38. The van der Waals surface area contributed by atoms with Crippen molar-refractivity contribution >= 4 is 17.7 Å². The standard InChI is InChI=1S/C15H17N3O3/c1-2-15(13(19)20)6-7-18(10-15)14(21)17-12-5-3-4-11(8-12)9-16/h3-5,8H,2,6-7,10H2,1H3,(H,17,21)(H,19,20). The number of nitrogens with zero attached hydrogens (tertiary/aromatic N) is 2. The SMILES string of the molecule is CCC1(C(=O)O)CCN(C(=O)Nc2cccc(C#N)c2)C1. The van der Waals surface area contributed by atoms with Crippen molar-refractivity contribution in [3.8, 4) is 6.07 Å². The fourth-order valence-corrected chi connectivity index (χ4v) is 2.53. The number of carbonyl (C=O) groups is 2. The number of nitrogens with one attached hydrogen (secondary N) is 1. The molecular formula is C15H17N3O3. The molecule has 0 aliphatic carbocycles. The van der Waals surface area contributed by atoms with Gasteiger partial charge < -0.3 is 15.3 Å². The van der Waals surface area contributed by atoms with Crippen LogP contribution >= 0.6 is 0 Å². The highest BCUT2D eigenvalue weighted by Gasteiger charge is 2.44. The number of carboxylic acids is 1. The van der Waals surface area contributed by atoms with Gasteiger partial charge in [0.25, 0.3) is 0 Å². The van der Waals surface area contributed by atoms with Gasteiger partial charge >= 0.3 is 12.0 Å². The van der Waals surface area contributed by atoms with E-state index in [1.165, 1.54) is 4.90 Å². The minimum absolute atomic E-state index is 0.211. The van der Waals surface area contributed by atoms with Gasteiger partial charge in [0.2, 0.25) is 0 Å². The lowest BCUT2D eigenvalue weighted by molar-refractivity contribution is -0.148. The number of benzene rings is 1. The van der Waals surface area contributed by atoms with E-state index in [1.807, 2.05) is 13.0 Å². The minimum Gasteiger partial charge on any atom is -0.481 e. The highest BCUT2D eigenvalue weighted by molar-refractivity contribution is 5.90. The zero-order valence-electron chi connectivity index (χ0n) is 11.8. The van der Waals surface area contributed by atoms with Gasteiger partial charge in [-0.2, -0.15) is 5.26 Å². The molecule has 2 rings (SSSR count). The molecular weight excluding hydrogens is 270 g/mol. The molecule has 1 aromatic carbocycles. The van der Waals surface area contributed by atoms with Crippen LogP contribution in [0.3, 0.4) is 0 Å². The summed E-state index contributed by atoms with van der Waals surface area (Å²) in [5.41, 5.74) is 0.150. The Morgan fingerprint density at radius 3 is 2.86 bits per heavy atom. The Hall–Kier alpha value is -2.55. The van der Waals surface area contributed by atoms with Crippen LogP contribution in [0.2, 0.25) is 0 Å². The van der Waals surface area contributed by atoms with Crippen molar-refractivity contribution in [2.45, 2.75) is 19.8 Å². The van der Waals surface area contributed by atoms with Crippen molar-refractivity contribution in [1.29, 1.82) is 5.26 Å². The quantitative estimate of drug-likeness (QED) is 0.891. The average Bonchev–Trinajstić information content (AvgIpc) is 2.93. The molecule has 110 valence electrons. The van der Waals surface area contributed by atoms with E-state index >= 15 is 0 Å². The summed E-state index contributed by atoms with van der Waals surface area (Å²) >= 11 is 0. The van der Waals surface area contributed by atoms with Gasteiger partial charge in [0.15, 0.2) is 0 Å². The van der Waals surface area contributed by atoms with Crippen LogP contribution in [0.1, 0.15) is 25.3 Å². The molecule has 1 aliphatic heterocycles. The molecule has 1 heterocycles. The molecule has 1 saturated heterocycles. The first-order valence-electron chi connectivity index (χ1n) is 6.80. The van der Waals surface area contributed by atoms with Gasteiger partial charge in [-0.05, 0) is 31.0 Å². The molecule has 0 radical (unpaired) electrons. The van der Waals surface area contributed by atoms with Crippen molar-refractivity contribution < 1.29 is 14.7 Å². The molecule has 1 aromatic rings. The number of aliphatic carboxylic acids is 1. The average molecular weight is 287 g/mol. The maximum absolute atomic E-state index is 12.2. The summed E-state index contributed by atoms with van der Waals surface area (Å²) in [7, 11) is 0. The maximum atomic E-state index is 12.2. The van der Waals surface area contributed by atoms with Crippen molar-refractivity contribution in [1.82, 2.24) is 4.90 Å². The number of hydrogen-bond acceptors (Lipinski definition) is 3. The number of urea groups is 1. The van der Waals surface area contributed by atoms with Crippen LogP contribution in [0.5, 0.6) is 0 Å². The molecule has 6 heteroatoms. The molecule has 2 amide bonds. The fraction of sp³-hybridized carbons (Fsp3) is 0.400. The summed E-state index contributed by atoms with van der Waals surface area (Å²) in [5.74, 6) is -0.855. The zero-order chi connectivity index (χ0) is 15.5. The third kappa shape index (κ3) is 2.97. The molecule has 0 aromatic heterocycles. The van der Waals surface area contributed by atoms with E-state index in [9.17, 15) is 14.7 Å². The monoisotopic (exact) mass is 287 g/mol. The van der Waals surface area contributed by atoms with Gasteiger partial charge in [0.1, 0.15) is 0 Å². The number of carboxylic acid groups (broad SMARTS) is 1. The van der Waals surface area contributed by atoms with Crippen LogP contribution in [-0.2, 0) is 4.79 Å². The van der Waals surface area contributed by atoms with Crippen LogP contribution in [0, 0.1) is 16.7 Å². The first-order valence-corrected chi connectivity index (χ1v) is 6.80. The molecule has 0 saturated carbocycles. The summed E-state index contributed by atoms with van der Waals surface area (Å²) in [6.07, 6.45) is 0.959. The number of anilines is 1. The summed E-state index contributed by atoms with van der Waals surface area (Å²) < 4.78 is 0. The van der Waals surface area contributed by atoms with E-state index in [0.717, 1.165) is 0 Å².